The van der Waals surface area contributed by atoms with Gasteiger partial charge in [-0.15, -0.1) is 0 Å². The average molecular weight is 561 g/mol. The minimum absolute atomic E-state index is 0.904. The molecule has 0 saturated carbocycles. The molecule has 2 heterocycles. The van der Waals surface area contributed by atoms with Gasteiger partial charge in [0.25, 0.3) is 0 Å². The van der Waals surface area contributed by atoms with Crippen LogP contribution in [0.1, 0.15) is 0 Å². The van der Waals surface area contributed by atoms with E-state index >= 15 is 0 Å². The Morgan fingerprint density at radius 3 is 1.41 bits per heavy atom. The van der Waals surface area contributed by atoms with E-state index < -0.39 is 0 Å². The Balaban J connectivity index is 1.44. The number of benzene rings is 8. The molecule has 0 aliphatic heterocycles. The lowest BCUT2D eigenvalue weighted by Crippen LogP contribution is -1.92. The van der Waals surface area contributed by atoms with Gasteiger partial charge >= 0.3 is 0 Å². The highest BCUT2D eigenvalue weighted by molar-refractivity contribution is 6.31. The first kappa shape index (κ1) is 23.7. The molecule has 204 valence electrons. The third-order valence-electron chi connectivity index (χ3n) is 9.26. The molecule has 0 amide bonds. The molecule has 0 bridgehead atoms. The monoisotopic (exact) mass is 560 g/mol. The predicted molar refractivity (Wildman–Crippen MR) is 184 cm³/mol. The van der Waals surface area contributed by atoms with E-state index in [1.54, 1.807) is 0 Å². The van der Waals surface area contributed by atoms with E-state index in [1.165, 1.54) is 43.4 Å². The molecule has 0 N–H and O–H groups in total. The van der Waals surface area contributed by atoms with Crippen molar-refractivity contribution in [1.29, 1.82) is 0 Å². The number of para-hydroxylation sites is 4. The molecule has 10 aromatic rings. The molecule has 0 aliphatic carbocycles. The van der Waals surface area contributed by atoms with Gasteiger partial charge in [-0.3, -0.25) is 0 Å². The summed E-state index contributed by atoms with van der Waals surface area (Å²) in [7, 11) is 0. The molecule has 0 unspecified atom stereocenters. The van der Waals surface area contributed by atoms with Crippen LogP contribution in [-0.4, -0.2) is 0 Å². The summed E-state index contributed by atoms with van der Waals surface area (Å²) < 4.78 is 13.3. The standard InChI is InChI=1S/C42H24O2/c1-2-12-26-25(11-1)23-24-33-38(34-19-9-17-31-27-13-5-7-21-36(27)43-41(31)34)29-15-3-4-16-30(29)40(39(26)33)35-20-10-18-32-28-14-6-8-22-37(28)44-42(32)35/h1-24H. The summed E-state index contributed by atoms with van der Waals surface area (Å²) in [6.45, 7) is 0. The third kappa shape index (κ3) is 3.14. The van der Waals surface area contributed by atoms with Crippen LogP contribution in [0, 0.1) is 0 Å². The smallest absolute Gasteiger partial charge is 0.143 e. The second-order valence-corrected chi connectivity index (χ2v) is 11.6. The average Bonchev–Trinajstić information content (AvgIpc) is 3.66. The highest BCUT2D eigenvalue weighted by Gasteiger charge is 2.23. The zero-order chi connectivity index (χ0) is 28.8. The normalized spacial score (nSPS) is 12.1. The summed E-state index contributed by atoms with van der Waals surface area (Å²) >= 11 is 0. The van der Waals surface area contributed by atoms with Crippen molar-refractivity contribution < 1.29 is 8.83 Å². The van der Waals surface area contributed by atoms with Crippen LogP contribution >= 0.6 is 0 Å². The molecule has 44 heavy (non-hydrogen) atoms. The summed E-state index contributed by atoms with van der Waals surface area (Å²) in [5, 5.41) is 11.7. The highest BCUT2D eigenvalue weighted by Crippen LogP contribution is 2.50. The summed E-state index contributed by atoms with van der Waals surface area (Å²) in [4.78, 5) is 0. The Hall–Kier alpha value is -5.86. The van der Waals surface area contributed by atoms with Gasteiger partial charge in [-0.2, -0.15) is 0 Å². The number of fused-ring (bicyclic) bond motifs is 10. The maximum atomic E-state index is 6.64. The van der Waals surface area contributed by atoms with Gasteiger partial charge in [0.2, 0.25) is 0 Å². The molecular weight excluding hydrogens is 536 g/mol. The van der Waals surface area contributed by atoms with Gasteiger partial charge in [0, 0.05) is 43.8 Å². The van der Waals surface area contributed by atoms with Gasteiger partial charge in [0.1, 0.15) is 22.3 Å². The van der Waals surface area contributed by atoms with Crippen LogP contribution in [0.25, 0.3) is 98.4 Å². The van der Waals surface area contributed by atoms with Crippen LogP contribution in [0.4, 0.5) is 0 Å². The first-order valence-electron chi connectivity index (χ1n) is 15.0. The van der Waals surface area contributed by atoms with E-state index in [2.05, 4.69) is 133 Å². The third-order valence-corrected chi connectivity index (χ3v) is 9.26. The zero-order valence-corrected chi connectivity index (χ0v) is 23.7. The lowest BCUT2D eigenvalue weighted by molar-refractivity contribution is 0.669. The lowest BCUT2D eigenvalue weighted by Gasteiger charge is -2.19. The number of hydrogen-bond acceptors (Lipinski definition) is 2. The van der Waals surface area contributed by atoms with Gasteiger partial charge in [-0.25, -0.2) is 0 Å². The van der Waals surface area contributed by atoms with Gasteiger partial charge in [-0.05, 0) is 44.5 Å². The minimum atomic E-state index is 0.904. The molecule has 0 saturated heterocycles. The van der Waals surface area contributed by atoms with Crippen molar-refractivity contribution in [2.45, 2.75) is 0 Å². The van der Waals surface area contributed by atoms with E-state index in [-0.39, 0.29) is 0 Å². The Bertz CT molecular complexity index is 2780. The van der Waals surface area contributed by atoms with Gasteiger partial charge in [0.15, 0.2) is 0 Å². The van der Waals surface area contributed by atoms with Crippen LogP contribution in [0.3, 0.4) is 0 Å². The van der Waals surface area contributed by atoms with Crippen molar-refractivity contribution in [3.05, 3.63) is 146 Å². The zero-order valence-electron chi connectivity index (χ0n) is 23.7. The van der Waals surface area contributed by atoms with Crippen molar-refractivity contribution >= 4 is 76.2 Å². The van der Waals surface area contributed by atoms with Crippen LogP contribution in [0.5, 0.6) is 0 Å². The molecule has 10 rings (SSSR count). The second-order valence-electron chi connectivity index (χ2n) is 11.6. The Kier molecular flexibility index (Phi) is 4.75. The van der Waals surface area contributed by atoms with Gasteiger partial charge in [0.05, 0.1) is 0 Å². The first-order chi connectivity index (χ1) is 21.8. The van der Waals surface area contributed by atoms with Crippen LogP contribution in [0.15, 0.2) is 154 Å². The van der Waals surface area contributed by atoms with E-state index in [1.807, 2.05) is 12.1 Å². The summed E-state index contributed by atoms with van der Waals surface area (Å²) in [6, 6.07) is 51.8. The molecule has 0 aliphatic rings. The van der Waals surface area contributed by atoms with Gasteiger partial charge in [-0.1, -0.05) is 133 Å². The fourth-order valence-corrected chi connectivity index (χ4v) is 7.41. The van der Waals surface area contributed by atoms with Crippen LogP contribution in [-0.2, 0) is 0 Å². The van der Waals surface area contributed by atoms with Crippen molar-refractivity contribution in [3.8, 4) is 22.3 Å². The van der Waals surface area contributed by atoms with E-state index in [0.717, 1.165) is 55.0 Å². The quantitative estimate of drug-likeness (QED) is 0.155. The first-order valence-corrected chi connectivity index (χ1v) is 15.0. The Labute approximate surface area is 252 Å². The van der Waals surface area contributed by atoms with Crippen LogP contribution in [0.2, 0.25) is 0 Å². The fourth-order valence-electron chi connectivity index (χ4n) is 7.41. The maximum Gasteiger partial charge on any atom is 0.143 e. The van der Waals surface area contributed by atoms with E-state index in [0.29, 0.717) is 0 Å². The van der Waals surface area contributed by atoms with Crippen molar-refractivity contribution in [3.63, 3.8) is 0 Å². The Morgan fingerprint density at radius 1 is 0.295 bits per heavy atom. The molecular formula is C42H24O2. The topological polar surface area (TPSA) is 26.3 Å². The van der Waals surface area contributed by atoms with Crippen LogP contribution < -0.4 is 0 Å². The maximum absolute atomic E-state index is 6.64. The molecule has 0 radical (unpaired) electrons. The molecule has 2 heteroatoms. The SMILES string of the molecule is c1ccc2c(c1)ccc1c(-c3cccc4c3oc3ccccc34)c3ccccc3c(-c3cccc4c3oc3ccccc34)c12. The minimum Gasteiger partial charge on any atom is -0.455 e. The lowest BCUT2D eigenvalue weighted by atomic mass is 9.83. The molecule has 0 spiro atoms. The van der Waals surface area contributed by atoms with Gasteiger partial charge < -0.3 is 8.83 Å². The fraction of sp³-hybridized carbons (Fsp3) is 0. The summed E-state index contributed by atoms with van der Waals surface area (Å²) in [5.41, 5.74) is 8.22. The Morgan fingerprint density at radius 2 is 0.773 bits per heavy atom. The van der Waals surface area contributed by atoms with E-state index in [4.69, 9.17) is 8.83 Å². The number of rotatable bonds is 2. The molecule has 8 aromatic carbocycles. The largest absolute Gasteiger partial charge is 0.455 e. The number of furan rings is 2. The van der Waals surface area contributed by atoms with Crippen molar-refractivity contribution in [2.24, 2.45) is 0 Å². The molecule has 2 aromatic heterocycles. The van der Waals surface area contributed by atoms with E-state index in [9.17, 15) is 0 Å². The molecule has 0 fully saturated rings. The van der Waals surface area contributed by atoms with Crippen molar-refractivity contribution in [2.75, 3.05) is 0 Å². The second kappa shape index (κ2) is 8.82. The molecule has 2 nitrogen and oxygen atoms in total. The highest BCUT2D eigenvalue weighted by atomic mass is 16.3. The number of hydrogen-bond donors (Lipinski definition) is 0. The predicted octanol–water partition coefficient (Wildman–Crippen LogP) is 12.3. The summed E-state index contributed by atoms with van der Waals surface area (Å²) in [6.07, 6.45) is 0. The van der Waals surface area contributed by atoms with Crippen molar-refractivity contribution in [1.82, 2.24) is 0 Å². The summed E-state index contributed by atoms with van der Waals surface area (Å²) in [5.74, 6) is 0. The molecule has 0 atom stereocenters.